The number of aromatic nitrogens is 2. The van der Waals surface area contributed by atoms with Crippen LogP contribution in [0.1, 0.15) is 24.7 Å². The maximum absolute atomic E-state index is 11.1. The van der Waals surface area contributed by atoms with Gasteiger partial charge in [0, 0.05) is 20.1 Å². The van der Waals surface area contributed by atoms with Crippen molar-refractivity contribution in [1.29, 1.82) is 0 Å². The molecule has 1 rings (SSSR count). The Morgan fingerprint density at radius 3 is 2.67 bits per heavy atom. The topological polar surface area (TPSA) is 47.4 Å². The van der Waals surface area contributed by atoms with E-state index in [0.717, 1.165) is 17.9 Å². The lowest BCUT2D eigenvalue weighted by molar-refractivity contribution is -0.141. The van der Waals surface area contributed by atoms with Gasteiger partial charge in [-0.1, -0.05) is 18.5 Å². The van der Waals surface area contributed by atoms with Crippen molar-refractivity contribution < 1.29 is 9.53 Å². The number of methoxy groups -OCH3 is 1. The summed E-state index contributed by atoms with van der Waals surface area (Å²) in [5, 5.41) is 4.98. The molecule has 0 aliphatic heterocycles. The number of halogens is 1. The van der Waals surface area contributed by atoms with Gasteiger partial charge in [0.2, 0.25) is 0 Å². The van der Waals surface area contributed by atoms with Crippen molar-refractivity contribution in [1.82, 2.24) is 14.7 Å². The fourth-order valence-electron chi connectivity index (χ4n) is 1.76. The van der Waals surface area contributed by atoms with Crippen LogP contribution >= 0.6 is 11.6 Å². The molecule has 1 aromatic heterocycles. The van der Waals surface area contributed by atoms with Gasteiger partial charge in [0.05, 0.1) is 29.9 Å². The van der Waals surface area contributed by atoms with Crippen LogP contribution in [-0.4, -0.2) is 40.8 Å². The fraction of sp³-hybridized carbons (Fsp3) is 0.667. The van der Waals surface area contributed by atoms with Crippen LogP contribution in [0.25, 0.3) is 0 Å². The van der Waals surface area contributed by atoms with Gasteiger partial charge in [-0.2, -0.15) is 5.10 Å². The number of nitrogens with zero attached hydrogens (tertiary/aromatic N) is 3. The molecule has 1 heterocycles. The Kier molecular flexibility index (Phi) is 5.62. The van der Waals surface area contributed by atoms with E-state index in [9.17, 15) is 4.79 Å². The molecule has 102 valence electrons. The van der Waals surface area contributed by atoms with Gasteiger partial charge in [-0.15, -0.1) is 0 Å². The maximum Gasteiger partial charge on any atom is 0.306 e. The van der Waals surface area contributed by atoms with E-state index in [1.54, 1.807) is 4.68 Å². The minimum atomic E-state index is -0.194. The summed E-state index contributed by atoms with van der Waals surface area (Å²) in [6, 6.07) is 0. The third-order valence-electron chi connectivity index (χ3n) is 2.94. The first-order valence-electron chi connectivity index (χ1n) is 5.96. The summed E-state index contributed by atoms with van der Waals surface area (Å²) in [5.41, 5.74) is 1.80. The molecule has 0 saturated carbocycles. The number of hydrogen-bond donors (Lipinski definition) is 0. The fourth-order valence-corrected chi connectivity index (χ4v) is 1.98. The Labute approximate surface area is 113 Å². The van der Waals surface area contributed by atoms with Gasteiger partial charge in [-0.25, -0.2) is 0 Å². The molecule has 0 bridgehead atoms. The lowest BCUT2D eigenvalue weighted by Gasteiger charge is -2.19. The molecular formula is C12H20ClN3O2. The molecule has 0 amide bonds. The quantitative estimate of drug-likeness (QED) is 0.741. The van der Waals surface area contributed by atoms with Crippen LogP contribution in [0.4, 0.5) is 0 Å². The second-order valence-electron chi connectivity index (χ2n) is 4.16. The zero-order valence-corrected chi connectivity index (χ0v) is 12.1. The SMILES string of the molecule is CCN(CCC(=O)OC)Cc1c(Cl)c(C)nn1C. The third-order valence-corrected chi connectivity index (χ3v) is 3.43. The lowest BCUT2D eigenvalue weighted by atomic mass is 10.3. The molecule has 0 aliphatic carbocycles. The number of carbonyl (C=O) groups excluding carboxylic acids is 1. The zero-order valence-electron chi connectivity index (χ0n) is 11.4. The monoisotopic (exact) mass is 273 g/mol. The number of ether oxygens (including phenoxy) is 1. The van der Waals surface area contributed by atoms with E-state index in [4.69, 9.17) is 11.6 Å². The highest BCUT2D eigenvalue weighted by atomic mass is 35.5. The molecule has 0 N–H and O–H groups in total. The van der Waals surface area contributed by atoms with Crippen molar-refractivity contribution in [3.05, 3.63) is 16.4 Å². The smallest absolute Gasteiger partial charge is 0.306 e. The Morgan fingerprint density at radius 1 is 1.56 bits per heavy atom. The molecule has 0 aliphatic rings. The molecule has 0 fully saturated rings. The van der Waals surface area contributed by atoms with Crippen LogP contribution in [0, 0.1) is 6.92 Å². The van der Waals surface area contributed by atoms with E-state index in [-0.39, 0.29) is 5.97 Å². The average Bonchev–Trinajstić information content (AvgIpc) is 2.59. The maximum atomic E-state index is 11.1. The highest BCUT2D eigenvalue weighted by Crippen LogP contribution is 2.20. The number of aryl methyl sites for hydroxylation is 2. The molecular weight excluding hydrogens is 254 g/mol. The zero-order chi connectivity index (χ0) is 13.7. The molecule has 0 saturated heterocycles. The van der Waals surface area contributed by atoms with E-state index < -0.39 is 0 Å². The Bertz CT molecular complexity index is 418. The molecule has 5 nitrogen and oxygen atoms in total. The summed E-state index contributed by atoms with van der Waals surface area (Å²) >= 11 is 6.20. The summed E-state index contributed by atoms with van der Waals surface area (Å²) in [7, 11) is 3.28. The molecule has 0 aromatic carbocycles. The van der Waals surface area contributed by atoms with Crippen LogP contribution in [0.15, 0.2) is 0 Å². The van der Waals surface area contributed by atoms with Crippen LogP contribution in [0.3, 0.4) is 0 Å². The molecule has 0 spiro atoms. The largest absolute Gasteiger partial charge is 0.469 e. The summed E-state index contributed by atoms with van der Waals surface area (Å²) in [6.07, 6.45) is 0.388. The van der Waals surface area contributed by atoms with Crippen LogP contribution in [-0.2, 0) is 23.1 Å². The number of carbonyl (C=O) groups is 1. The molecule has 0 radical (unpaired) electrons. The van der Waals surface area contributed by atoms with E-state index in [1.165, 1.54) is 7.11 Å². The average molecular weight is 274 g/mol. The van der Waals surface area contributed by atoms with E-state index in [0.29, 0.717) is 24.5 Å². The normalized spacial score (nSPS) is 11.0. The molecule has 18 heavy (non-hydrogen) atoms. The molecule has 0 atom stereocenters. The number of esters is 1. The van der Waals surface area contributed by atoms with E-state index in [1.807, 2.05) is 14.0 Å². The van der Waals surface area contributed by atoms with E-state index in [2.05, 4.69) is 21.7 Å². The minimum Gasteiger partial charge on any atom is -0.469 e. The summed E-state index contributed by atoms with van der Waals surface area (Å²) < 4.78 is 6.43. The van der Waals surface area contributed by atoms with Crippen molar-refractivity contribution in [2.24, 2.45) is 7.05 Å². The number of hydrogen-bond acceptors (Lipinski definition) is 4. The third kappa shape index (κ3) is 3.71. The summed E-state index contributed by atoms with van der Waals surface area (Å²) in [6.45, 7) is 6.12. The standard InChI is InChI=1S/C12H20ClN3O2/c1-5-16(7-6-11(17)18-4)8-10-12(13)9(2)14-15(10)3/h5-8H2,1-4H3. The Morgan fingerprint density at radius 2 is 2.22 bits per heavy atom. The van der Waals surface area contributed by atoms with Crippen LogP contribution in [0.5, 0.6) is 0 Å². The predicted molar refractivity (Wildman–Crippen MR) is 70.5 cm³/mol. The van der Waals surface area contributed by atoms with Gasteiger partial charge >= 0.3 is 5.97 Å². The van der Waals surface area contributed by atoms with Gasteiger partial charge in [-0.3, -0.25) is 14.4 Å². The van der Waals surface area contributed by atoms with Crippen molar-refractivity contribution in [3.8, 4) is 0 Å². The number of rotatable bonds is 6. The predicted octanol–water partition coefficient (Wildman–Crippen LogP) is 1.77. The van der Waals surface area contributed by atoms with Gasteiger partial charge in [-0.05, 0) is 13.5 Å². The van der Waals surface area contributed by atoms with E-state index >= 15 is 0 Å². The van der Waals surface area contributed by atoms with Gasteiger partial charge in [0.25, 0.3) is 0 Å². The Hall–Kier alpha value is -1.07. The van der Waals surface area contributed by atoms with Crippen molar-refractivity contribution in [2.75, 3.05) is 20.2 Å². The van der Waals surface area contributed by atoms with Crippen molar-refractivity contribution in [3.63, 3.8) is 0 Å². The first kappa shape index (κ1) is 15.0. The molecule has 1 aromatic rings. The highest BCUT2D eigenvalue weighted by molar-refractivity contribution is 6.31. The second-order valence-corrected chi connectivity index (χ2v) is 4.54. The molecule has 0 unspecified atom stereocenters. The van der Waals surface area contributed by atoms with Gasteiger partial charge in [0.15, 0.2) is 0 Å². The van der Waals surface area contributed by atoms with Crippen molar-refractivity contribution in [2.45, 2.75) is 26.8 Å². The second kappa shape index (κ2) is 6.75. The molecule has 6 heteroatoms. The summed E-state index contributed by atoms with van der Waals surface area (Å²) in [5.74, 6) is -0.194. The van der Waals surface area contributed by atoms with Crippen molar-refractivity contribution >= 4 is 17.6 Å². The van der Waals surface area contributed by atoms with Gasteiger partial charge < -0.3 is 4.74 Å². The first-order chi connectivity index (χ1) is 8.49. The lowest BCUT2D eigenvalue weighted by Crippen LogP contribution is -2.27. The van der Waals surface area contributed by atoms with Gasteiger partial charge in [0.1, 0.15) is 0 Å². The summed E-state index contributed by atoms with van der Waals surface area (Å²) in [4.78, 5) is 13.3. The minimum absolute atomic E-state index is 0.194. The first-order valence-corrected chi connectivity index (χ1v) is 6.34. The Balaban J connectivity index is 2.65. The highest BCUT2D eigenvalue weighted by Gasteiger charge is 2.15. The van der Waals surface area contributed by atoms with Crippen LogP contribution in [0.2, 0.25) is 5.02 Å². The van der Waals surface area contributed by atoms with Crippen LogP contribution < -0.4 is 0 Å².